The van der Waals surface area contributed by atoms with Gasteiger partial charge in [0.1, 0.15) is 12.4 Å². The third-order valence-corrected chi connectivity index (χ3v) is 2.62. The molecule has 0 aliphatic heterocycles. The van der Waals surface area contributed by atoms with Crippen LogP contribution in [0.5, 0.6) is 5.75 Å². The molecule has 1 unspecified atom stereocenters. The number of hydrazine groups is 1. The van der Waals surface area contributed by atoms with Crippen LogP contribution >= 0.6 is 11.6 Å². The molecule has 3 nitrogen and oxygen atoms in total. The summed E-state index contributed by atoms with van der Waals surface area (Å²) in [6.45, 7) is 2.72. The molecule has 1 atom stereocenters. The summed E-state index contributed by atoms with van der Waals surface area (Å²) in [5.41, 5.74) is 2.76. The normalized spacial score (nSPS) is 12.4. The maximum atomic E-state index is 5.86. The lowest BCUT2D eigenvalue weighted by Gasteiger charge is -2.16. The predicted octanol–water partition coefficient (Wildman–Crippen LogP) is 2.74. The van der Waals surface area contributed by atoms with Gasteiger partial charge in [0, 0.05) is 5.02 Å². The van der Waals surface area contributed by atoms with Crippen LogP contribution in [-0.4, -0.2) is 12.6 Å². The maximum Gasteiger partial charge on any atom is 0.120 e. The minimum Gasteiger partial charge on any atom is -0.492 e. The van der Waals surface area contributed by atoms with Crippen molar-refractivity contribution < 1.29 is 4.74 Å². The van der Waals surface area contributed by atoms with Crippen molar-refractivity contribution >= 4 is 11.6 Å². The molecule has 0 saturated heterocycles. The molecule has 0 aromatic heterocycles. The van der Waals surface area contributed by atoms with Crippen molar-refractivity contribution in [1.29, 1.82) is 0 Å². The molecule has 0 fully saturated rings. The fourth-order valence-corrected chi connectivity index (χ4v) is 1.60. The smallest absolute Gasteiger partial charge is 0.120 e. The lowest BCUT2D eigenvalue weighted by Crippen LogP contribution is -2.39. The van der Waals surface area contributed by atoms with Crippen molar-refractivity contribution in [1.82, 2.24) is 5.43 Å². The second-order valence-corrected chi connectivity index (χ2v) is 4.21. The van der Waals surface area contributed by atoms with Gasteiger partial charge in [0.2, 0.25) is 0 Å². The minimum atomic E-state index is 0.193. The van der Waals surface area contributed by atoms with E-state index in [2.05, 4.69) is 12.3 Å². The number of hydrogen-bond donors (Lipinski definition) is 2. The summed E-state index contributed by atoms with van der Waals surface area (Å²) in [4.78, 5) is 0. The molecule has 0 bridgehead atoms. The van der Waals surface area contributed by atoms with Crippen LogP contribution in [0.1, 0.15) is 26.2 Å². The molecule has 0 spiro atoms. The van der Waals surface area contributed by atoms with Crippen molar-refractivity contribution in [3.8, 4) is 5.75 Å². The third-order valence-electron chi connectivity index (χ3n) is 2.39. The lowest BCUT2D eigenvalue weighted by molar-refractivity contribution is 0.255. The SMILES string of the molecule is CCCCC(COc1cccc(Cl)c1)NN. The first-order valence-corrected chi connectivity index (χ1v) is 5.98. The second-order valence-electron chi connectivity index (χ2n) is 3.77. The number of hydrogen-bond acceptors (Lipinski definition) is 3. The van der Waals surface area contributed by atoms with Crippen LogP contribution in [-0.2, 0) is 0 Å². The standard InChI is InChI=1S/C12H19ClN2O/c1-2-3-6-11(15-14)9-16-12-7-4-5-10(13)8-12/h4-5,7-8,11,15H,2-3,6,9,14H2,1H3. The van der Waals surface area contributed by atoms with Crippen molar-refractivity contribution in [2.75, 3.05) is 6.61 Å². The molecule has 4 heteroatoms. The van der Waals surface area contributed by atoms with E-state index >= 15 is 0 Å². The van der Waals surface area contributed by atoms with Crippen molar-refractivity contribution in [3.05, 3.63) is 29.3 Å². The number of benzene rings is 1. The molecule has 90 valence electrons. The number of nitrogens with one attached hydrogen (secondary N) is 1. The number of rotatable bonds is 7. The number of ether oxygens (including phenoxy) is 1. The van der Waals surface area contributed by atoms with E-state index in [0.717, 1.165) is 25.0 Å². The molecular weight excluding hydrogens is 224 g/mol. The van der Waals surface area contributed by atoms with E-state index in [4.69, 9.17) is 22.2 Å². The number of unbranched alkanes of at least 4 members (excludes halogenated alkanes) is 1. The van der Waals surface area contributed by atoms with Gasteiger partial charge in [-0.05, 0) is 24.6 Å². The minimum absolute atomic E-state index is 0.193. The van der Waals surface area contributed by atoms with Gasteiger partial charge >= 0.3 is 0 Å². The zero-order valence-electron chi connectivity index (χ0n) is 9.58. The summed E-state index contributed by atoms with van der Waals surface area (Å²) in [5, 5.41) is 0.684. The topological polar surface area (TPSA) is 47.3 Å². The molecular formula is C12H19ClN2O. The Morgan fingerprint density at radius 3 is 2.94 bits per heavy atom. The van der Waals surface area contributed by atoms with E-state index in [-0.39, 0.29) is 6.04 Å². The Morgan fingerprint density at radius 2 is 2.31 bits per heavy atom. The highest BCUT2D eigenvalue weighted by atomic mass is 35.5. The van der Waals surface area contributed by atoms with Gasteiger partial charge in [0.25, 0.3) is 0 Å². The molecule has 16 heavy (non-hydrogen) atoms. The summed E-state index contributed by atoms with van der Waals surface area (Å²) < 4.78 is 5.61. The van der Waals surface area contributed by atoms with Gasteiger partial charge in [-0.25, -0.2) is 0 Å². The van der Waals surface area contributed by atoms with E-state index in [9.17, 15) is 0 Å². The Morgan fingerprint density at radius 1 is 1.50 bits per heavy atom. The van der Waals surface area contributed by atoms with E-state index in [1.807, 2.05) is 18.2 Å². The Hall–Kier alpha value is -0.770. The van der Waals surface area contributed by atoms with Crippen LogP contribution in [0.15, 0.2) is 24.3 Å². The molecule has 0 amide bonds. The zero-order valence-corrected chi connectivity index (χ0v) is 10.3. The van der Waals surface area contributed by atoms with Gasteiger partial charge in [0.15, 0.2) is 0 Å². The van der Waals surface area contributed by atoms with Crippen LogP contribution in [0.25, 0.3) is 0 Å². The Bertz CT molecular complexity index is 307. The van der Waals surface area contributed by atoms with Crippen LogP contribution in [0.2, 0.25) is 5.02 Å². The average molecular weight is 243 g/mol. The first kappa shape index (κ1) is 13.3. The summed E-state index contributed by atoms with van der Waals surface area (Å²) in [5.74, 6) is 6.23. The van der Waals surface area contributed by atoms with Gasteiger partial charge in [-0.2, -0.15) is 0 Å². The van der Waals surface area contributed by atoms with Gasteiger partial charge in [-0.3, -0.25) is 11.3 Å². The summed E-state index contributed by atoms with van der Waals surface area (Å²) in [6, 6.07) is 7.58. The Kier molecular flexibility index (Phi) is 6.23. The fourth-order valence-electron chi connectivity index (χ4n) is 1.42. The van der Waals surface area contributed by atoms with Crippen LogP contribution in [0.4, 0.5) is 0 Å². The highest BCUT2D eigenvalue weighted by molar-refractivity contribution is 6.30. The molecule has 0 heterocycles. The monoisotopic (exact) mass is 242 g/mol. The first-order chi connectivity index (χ1) is 7.76. The molecule has 0 radical (unpaired) electrons. The second kappa shape index (κ2) is 7.49. The summed E-state index contributed by atoms with van der Waals surface area (Å²) in [6.07, 6.45) is 3.33. The third kappa shape index (κ3) is 4.84. The fraction of sp³-hybridized carbons (Fsp3) is 0.500. The maximum absolute atomic E-state index is 5.86. The van der Waals surface area contributed by atoms with E-state index < -0.39 is 0 Å². The summed E-state index contributed by atoms with van der Waals surface area (Å²) >= 11 is 5.86. The summed E-state index contributed by atoms with van der Waals surface area (Å²) in [7, 11) is 0. The van der Waals surface area contributed by atoms with Crippen LogP contribution in [0, 0.1) is 0 Å². The zero-order chi connectivity index (χ0) is 11.8. The largest absolute Gasteiger partial charge is 0.492 e. The molecule has 3 N–H and O–H groups in total. The van der Waals surface area contributed by atoms with Gasteiger partial charge in [-0.15, -0.1) is 0 Å². The highest BCUT2D eigenvalue weighted by Gasteiger charge is 2.06. The van der Waals surface area contributed by atoms with Crippen molar-refractivity contribution in [2.24, 2.45) is 5.84 Å². The molecule has 0 aliphatic carbocycles. The van der Waals surface area contributed by atoms with Crippen molar-refractivity contribution in [2.45, 2.75) is 32.2 Å². The van der Waals surface area contributed by atoms with Crippen LogP contribution in [0.3, 0.4) is 0 Å². The molecule has 0 aliphatic rings. The molecule has 1 rings (SSSR count). The van der Waals surface area contributed by atoms with Crippen LogP contribution < -0.4 is 16.0 Å². The quantitative estimate of drug-likeness (QED) is 0.571. The van der Waals surface area contributed by atoms with E-state index in [1.54, 1.807) is 6.07 Å². The lowest BCUT2D eigenvalue weighted by atomic mass is 10.1. The van der Waals surface area contributed by atoms with Gasteiger partial charge in [0.05, 0.1) is 6.04 Å². The van der Waals surface area contributed by atoms with Gasteiger partial charge in [-0.1, -0.05) is 37.4 Å². The molecule has 0 saturated carbocycles. The molecule has 1 aromatic rings. The molecule has 1 aromatic carbocycles. The van der Waals surface area contributed by atoms with Crippen molar-refractivity contribution in [3.63, 3.8) is 0 Å². The first-order valence-electron chi connectivity index (χ1n) is 5.60. The van der Waals surface area contributed by atoms with E-state index in [1.165, 1.54) is 0 Å². The van der Waals surface area contributed by atoms with E-state index in [0.29, 0.717) is 11.6 Å². The van der Waals surface area contributed by atoms with Gasteiger partial charge < -0.3 is 4.74 Å². The Labute approximate surface area is 102 Å². The number of nitrogens with two attached hydrogens (primary N) is 1. The predicted molar refractivity (Wildman–Crippen MR) is 67.6 cm³/mol. The highest BCUT2D eigenvalue weighted by Crippen LogP contribution is 2.17. The number of halogens is 1. The Balaban J connectivity index is 2.37. The average Bonchev–Trinajstić information content (AvgIpc) is 2.29.